The van der Waals surface area contributed by atoms with Crippen LogP contribution in [0.15, 0.2) is 30.4 Å². The number of hydrogen-bond donors (Lipinski definition) is 2. The fourth-order valence-corrected chi connectivity index (χ4v) is 2.48. The predicted octanol–water partition coefficient (Wildman–Crippen LogP) is 3.21. The standard InChI is InChI=1S/C15H14O2/c1-9-6-7-11-8-10-4-2-3-5-12(10)15(17)13(11)14(9)16/h2-3,6-8,16-17H,4-5H2,1H3. The number of phenols is 2. The molecule has 0 radical (unpaired) electrons. The van der Waals surface area contributed by atoms with Crippen LogP contribution >= 0.6 is 0 Å². The van der Waals surface area contributed by atoms with Gasteiger partial charge in [-0.15, -0.1) is 0 Å². The van der Waals surface area contributed by atoms with Crippen molar-refractivity contribution in [2.24, 2.45) is 0 Å². The largest absolute Gasteiger partial charge is 0.507 e. The molecule has 2 N–H and O–H groups in total. The third-order valence-corrected chi connectivity index (χ3v) is 3.48. The van der Waals surface area contributed by atoms with Crippen LogP contribution in [0.5, 0.6) is 11.5 Å². The number of aryl methyl sites for hydroxylation is 1. The molecule has 17 heavy (non-hydrogen) atoms. The summed E-state index contributed by atoms with van der Waals surface area (Å²) in [5.74, 6) is 0.431. The SMILES string of the molecule is Cc1ccc2cc3c(c(O)c2c1O)CC=CC3. The monoisotopic (exact) mass is 226 g/mol. The zero-order chi connectivity index (χ0) is 12.0. The minimum Gasteiger partial charge on any atom is -0.507 e. The van der Waals surface area contributed by atoms with E-state index in [0.29, 0.717) is 5.39 Å². The molecule has 0 amide bonds. The van der Waals surface area contributed by atoms with Crippen LogP contribution in [0.25, 0.3) is 10.8 Å². The molecule has 1 aliphatic rings. The highest BCUT2D eigenvalue weighted by molar-refractivity contribution is 5.96. The van der Waals surface area contributed by atoms with Gasteiger partial charge in [-0.05, 0) is 36.3 Å². The quantitative estimate of drug-likeness (QED) is 0.677. The van der Waals surface area contributed by atoms with Gasteiger partial charge >= 0.3 is 0 Å². The Balaban J connectivity index is 2.43. The van der Waals surface area contributed by atoms with Gasteiger partial charge < -0.3 is 10.2 Å². The number of rotatable bonds is 0. The highest BCUT2D eigenvalue weighted by Gasteiger charge is 2.16. The first-order valence-corrected chi connectivity index (χ1v) is 5.79. The molecule has 0 heterocycles. The van der Waals surface area contributed by atoms with Gasteiger partial charge in [0.05, 0.1) is 5.39 Å². The maximum atomic E-state index is 10.3. The van der Waals surface area contributed by atoms with E-state index in [1.54, 1.807) is 0 Å². The van der Waals surface area contributed by atoms with Crippen molar-refractivity contribution in [1.82, 2.24) is 0 Å². The Bertz CT molecular complexity index is 639. The second-order valence-corrected chi connectivity index (χ2v) is 4.57. The number of aromatic hydroxyl groups is 2. The van der Waals surface area contributed by atoms with Crippen LogP contribution in [-0.4, -0.2) is 10.2 Å². The molecule has 0 aliphatic heterocycles. The summed E-state index contributed by atoms with van der Waals surface area (Å²) < 4.78 is 0. The molecule has 0 unspecified atom stereocenters. The molecule has 2 nitrogen and oxygen atoms in total. The molecule has 3 rings (SSSR count). The summed E-state index contributed by atoms with van der Waals surface area (Å²) in [4.78, 5) is 0. The third-order valence-electron chi connectivity index (χ3n) is 3.48. The average molecular weight is 226 g/mol. The van der Waals surface area contributed by atoms with Gasteiger partial charge in [-0.3, -0.25) is 0 Å². The Labute approximate surface area is 99.8 Å². The van der Waals surface area contributed by atoms with Gasteiger partial charge in [-0.25, -0.2) is 0 Å². The van der Waals surface area contributed by atoms with Gasteiger partial charge in [-0.2, -0.15) is 0 Å². The minimum absolute atomic E-state index is 0.192. The molecule has 2 aromatic carbocycles. The number of phenolic OH excluding ortho intramolecular Hbond substituents is 2. The Kier molecular flexibility index (Phi) is 2.11. The lowest BCUT2D eigenvalue weighted by Gasteiger charge is -2.16. The molecular formula is C15H14O2. The third kappa shape index (κ3) is 1.41. The highest BCUT2D eigenvalue weighted by Crippen LogP contribution is 2.40. The summed E-state index contributed by atoms with van der Waals surface area (Å²) in [7, 11) is 0. The lowest BCUT2D eigenvalue weighted by molar-refractivity contribution is 0.458. The average Bonchev–Trinajstić information content (AvgIpc) is 2.34. The van der Waals surface area contributed by atoms with Crippen molar-refractivity contribution in [3.8, 4) is 11.5 Å². The first-order chi connectivity index (χ1) is 8.18. The fourth-order valence-electron chi connectivity index (χ4n) is 2.48. The van der Waals surface area contributed by atoms with E-state index in [1.807, 2.05) is 19.1 Å². The van der Waals surface area contributed by atoms with Crippen molar-refractivity contribution in [3.05, 3.63) is 47.0 Å². The van der Waals surface area contributed by atoms with E-state index < -0.39 is 0 Å². The summed E-state index contributed by atoms with van der Waals surface area (Å²) in [6.45, 7) is 1.84. The summed E-state index contributed by atoms with van der Waals surface area (Å²) in [6.07, 6.45) is 5.76. The first-order valence-electron chi connectivity index (χ1n) is 5.79. The van der Waals surface area contributed by atoms with Gasteiger partial charge in [0.15, 0.2) is 0 Å². The number of allylic oxidation sites excluding steroid dienone is 2. The molecule has 0 fully saturated rings. The predicted molar refractivity (Wildman–Crippen MR) is 68.6 cm³/mol. The van der Waals surface area contributed by atoms with Gasteiger partial charge in [0.2, 0.25) is 0 Å². The molecule has 0 saturated carbocycles. The molecule has 0 saturated heterocycles. The number of benzene rings is 2. The maximum absolute atomic E-state index is 10.3. The van der Waals surface area contributed by atoms with Crippen molar-refractivity contribution < 1.29 is 10.2 Å². The summed E-state index contributed by atoms with van der Waals surface area (Å²) in [6, 6.07) is 5.89. The zero-order valence-corrected chi connectivity index (χ0v) is 9.70. The summed E-state index contributed by atoms with van der Waals surface area (Å²) in [5, 5.41) is 21.9. The van der Waals surface area contributed by atoms with Crippen molar-refractivity contribution in [2.75, 3.05) is 0 Å². The van der Waals surface area contributed by atoms with Crippen LogP contribution in [0.1, 0.15) is 16.7 Å². The Morgan fingerprint density at radius 1 is 1.00 bits per heavy atom. The molecule has 2 heteroatoms. The molecule has 86 valence electrons. The van der Waals surface area contributed by atoms with E-state index >= 15 is 0 Å². The van der Waals surface area contributed by atoms with E-state index in [-0.39, 0.29) is 11.5 Å². The molecule has 0 atom stereocenters. The zero-order valence-electron chi connectivity index (χ0n) is 9.70. The van der Waals surface area contributed by atoms with E-state index in [1.165, 1.54) is 0 Å². The van der Waals surface area contributed by atoms with Crippen molar-refractivity contribution in [3.63, 3.8) is 0 Å². The van der Waals surface area contributed by atoms with Gasteiger partial charge in [-0.1, -0.05) is 30.4 Å². The number of fused-ring (bicyclic) bond motifs is 2. The van der Waals surface area contributed by atoms with Crippen LogP contribution in [-0.2, 0) is 12.8 Å². The van der Waals surface area contributed by atoms with Gasteiger partial charge in [0.25, 0.3) is 0 Å². The second kappa shape index (κ2) is 3.52. The van der Waals surface area contributed by atoms with Crippen molar-refractivity contribution in [1.29, 1.82) is 0 Å². The van der Waals surface area contributed by atoms with Crippen LogP contribution in [0.4, 0.5) is 0 Å². The second-order valence-electron chi connectivity index (χ2n) is 4.57. The Hall–Kier alpha value is -1.96. The number of hydrogen-bond acceptors (Lipinski definition) is 2. The normalized spacial score (nSPS) is 13.9. The van der Waals surface area contributed by atoms with Crippen LogP contribution in [0, 0.1) is 6.92 Å². The Morgan fingerprint density at radius 2 is 1.76 bits per heavy atom. The van der Waals surface area contributed by atoms with E-state index in [0.717, 1.165) is 34.9 Å². The molecular weight excluding hydrogens is 212 g/mol. The molecule has 2 aromatic rings. The van der Waals surface area contributed by atoms with Crippen LogP contribution in [0.3, 0.4) is 0 Å². The van der Waals surface area contributed by atoms with Crippen molar-refractivity contribution in [2.45, 2.75) is 19.8 Å². The van der Waals surface area contributed by atoms with Crippen LogP contribution < -0.4 is 0 Å². The topological polar surface area (TPSA) is 40.5 Å². The summed E-state index contributed by atoms with van der Waals surface area (Å²) in [5.41, 5.74) is 2.89. The lowest BCUT2D eigenvalue weighted by atomic mass is 9.91. The van der Waals surface area contributed by atoms with Gasteiger partial charge in [0.1, 0.15) is 11.5 Å². The molecule has 0 aromatic heterocycles. The smallest absolute Gasteiger partial charge is 0.130 e. The highest BCUT2D eigenvalue weighted by atomic mass is 16.3. The van der Waals surface area contributed by atoms with Crippen LogP contribution in [0.2, 0.25) is 0 Å². The summed E-state index contributed by atoms with van der Waals surface area (Å²) >= 11 is 0. The van der Waals surface area contributed by atoms with Crippen molar-refractivity contribution >= 4 is 10.8 Å². The molecule has 1 aliphatic carbocycles. The van der Waals surface area contributed by atoms with E-state index in [4.69, 9.17) is 0 Å². The lowest BCUT2D eigenvalue weighted by Crippen LogP contribution is -1.98. The first kappa shape index (κ1) is 10.2. The van der Waals surface area contributed by atoms with E-state index in [9.17, 15) is 10.2 Å². The minimum atomic E-state index is 0.192. The molecule has 0 bridgehead atoms. The van der Waals surface area contributed by atoms with E-state index in [2.05, 4.69) is 18.2 Å². The Morgan fingerprint density at radius 3 is 2.59 bits per heavy atom. The van der Waals surface area contributed by atoms with Gasteiger partial charge in [0, 0.05) is 5.56 Å². The molecule has 0 spiro atoms. The maximum Gasteiger partial charge on any atom is 0.130 e. The fraction of sp³-hybridized carbons (Fsp3) is 0.200.